The molecule has 6 heteroatoms. The first-order valence-corrected chi connectivity index (χ1v) is 12.0. The Kier molecular flexibility index (Phi) is 5.16. The lowest BCUT2D eigenvalue weighted by Crippen LogP contribution is -2.33. The largest absolute Gasteiger partial charge is 0.388 e. The van der Waals surface area contributed by atoms with E-state index in [0.29, 0.717) is 35.6 Å². The summed E-state index contributed by atoms with van der Waals surface area (Å²) >= 11 is 7.19. The molecule has 3 aromatic rings. The van der Waals surface area contributed by atoms with E-state index in [2.05, 4.69) is 61.3 Å². The van der Waals surface area contributed by atoms with Crippen LogP contribution in [-0.4, -0.2) is 34.0 Å². The zero-order valence-corrected chi connectivity index (χ0v) is 19.2. The van der Waals surface area contributed by atoms with E-state index in [4.69, 9.17) is 11.6 Å². The number of nitrogens with zero attached hydrogens (tertiary/aromatic N) is 2. The van der Waals surface area contributed by atoms with Crippen LogP contribution in [0, 0.1) is 0 Å². The van der Waals surface area contributed by atoms with Crippen molar-refractivity contribution >= 4 is 28.8 Å². The minimum Gasteiger partial charge on any atom is -0.388 e. The predicted molar refractivity (Wildman–Crippen MR) is 125 cm³/mol. The van der Waals surface area contributed by atoms with Crippen LogP contribution in [0.1, 0.15) is 65.9 Å². The van der Waals surface area contributed by atoms with Crippen molar-refractivity contribution in [1.29, 1.82) is 0 Å². The van der Waals surface area contributed by atoms with Crippen molar-refractivity contribution in [2.24, 2.45) is 0 Å². The molecule has 1 aromatic heterocycles. The van der Waals surface area contributed by atoms with Gasteiger partial charge in [-0.25, -0.2) is 4.98 Å². The Balaban J connectivity index is 1.47. The molecule has 1 N–H and O–H groups in total. The van der Waals surface area contributed by atoms with Gasteiger partial charge in [0.25, 0.3) is 5.91 Å². The number of hydrogen-bond donors (Lipinski definition) is 1. The standard InChI is InChI=1S/C25H25ClN2O2S/c1-15(2)17-5-3-4-6-18(17)16-7-8-20-19(11-16)22(29)12-25(20)9-10-28(14-25)23(30)21-13-31-24(26)27-21/h3-8,11,13,15,22,29H,9-10,12,14H2,1-2H3/t22-,25-/m1/s1. The number of halogens is 1. The molecule has 2 atom stereocenters. The normalized spacial score (nSPS) is 22.5. The van der Waals surface area contributed by atoms with E-state index in [1.165, 1.54) is 28.0 Å². The van der Waals surface area contributed by atoms with Crippen LogP contribution >= 0.6 is 22.9 Å². The van der Waals surface area contributed by atoms with Crippen LogP contribution in [0.4, 0.5) is 0 Å². The monoisotopic (exact) mass is 452 g/mol. The van der Waals surface area contributed by atoms with Crippen molar-refractivity contribution < 1.29 is 9.90 Å². The Morgan fingerprint density at radius 2 is 2.10 bits per heavy atom. The number of likely N-dealkylation sites (tertiary alicyclic amines) is 1. The third-order valence-corrected chi connectivity index (χ3v) is 7.77. The molecule has 1 spiro atoms. The number of amides is 1. The maximum atomic E-state index is 12.9. The van der Waals surface area contributed by atoms with Crippen molar-refractivity contribution in [1.82, 2.24) is 9.88 Å². The van der Waals surface area contributed by atoms with Gasteiger partial charge in [0.1, 0.15) is 5.69 Å². The van der Waals surface area contributed by atoms with Crippen molar-refractivity contribution in [3.8, 4) is 11.1 Å². The third-order valence-electron chi connectivity index (χ3n) is 6.80. The number of carbonyl (C=O) groups excluding carboxylic acids is 1. The molecule has 1 saturated heterocycles. The fourth-order valence-corrected chi connectivity index (χ4v) is 6.02. The number of aliphatic hydroxyl groups is 1. The number of benzene rings is 2. The summed E-state index contributed by atoms with van der Waals surface area (Å²) in [4.78, 5) is 18.9. The van der Waals surface area contributed by atoms with Gasteiger partial charge in [0, 0.05) is 23.9 Å². The van der Waals surface area contributed by atoms with E-state index in [0.717, 1.165) is 17.5 Å². The lowest BCUT2D eigenvalue weighted by atomic mass is 9.80. The highest BCUT2D eigenvalue weighted by Gasteiger charge is 2.48. The average molecular weight is 453 g/mol. The number of thiazole rings is 1. The molecular formula is C25H25ClN2O2S. The maximum Gasteiger partial charge on any atom is 0.273 e. The quantitative estimate of drug-likeness (QED) is 0.545. The van der Waals surface area contributed by atoms with E-state index in [-0.39, 0.29) is 11.3 Å². The Bertz CT molecular complexity index is 1160. The van der Waals surface area contributed by atoms with Crippen molar-refractivity contribution in [3.63, 3.8) is 0 Å². The van der Waals surface area contributed by atoms with Gasteiger partial charge in [0.2, 0.25) is 0 Å². The molecule has 2 aromatic carbocycles. The molecular weight excluding hydrogens is 428 g/mol. The smallest absolute Gasteiger partial charge is 0.273 e. The lowest BCUT2D eigenvalue weighted by molar-refractivity contribution is 0.0771. The number of carbonyl (C=O) groups is 1. The molecule has 2 aliphatic rings. The van der Waals surface area contributed by atoms with Gasteiger partial charge in [0.05, 0.1) is 6.10 Å². The van der Waals surface area contributed by atoms with Gasteiger partial charge in [-0.2, -0.15) is 0 Å². The molecule has 5 rings (SSSR count). The molecule has 1 fully saturated rings. The highest BCUT2D eigenvalue weighted by molar-refractivity contribution is 7.14. The van der Waals surface area contributed by atoms with E-state index in [1.54, 1.807) is 5.38 Å². The highest BCUT2D eigenvalue weighted by atomic mass is 35.5. The summed E-state index contributed by atoms with van der Waals surface area (Å²) in [5, 5.41) is 12.7. The third kappa shape index (κ3) is 3.49. The summed E-state index contributed by atoms with van der Waals surface area (Å²) < 4.78 is 0.383. The second-order valence-corrected chi connectivity index (χ2v) is 10.4. The molecule has 1 aliphatic heterocycles. The van der Waals surface area contributed by atoms with Gasteiger partial charge >= 0.3 is 0 Å². The van der Waals surface area contributed by atoms with Gasteiger partial charge in [-0.1, -0.05) is 61.8 Å². The fraction of sp³-hybridized carbons (Fsp3) is 0.360. The molecule has 0 unspecified atom stereocenters. The Hall–Kier alpha value is -2.21. The van der Waals surface area contributed by atoms with Crippen LogP contribution in [0.3, 0.4) is 0 Å². The summed E-state index contributed by atoms with van der Waals surface area (Å²) in [6.07, 6.45) is 0.992. The first-order valence-electron chi connectivity index (χ1n) is 10.7. The van der Waals surface area contributed by atoms with Crippen LogP contribution < -0.4 is 0 Å². The maximum absolute atomic E-state index is 12.9. The molecule has 2 heterocycles. The van der Waals surface area contributed by atoms with Crippen LogP contribution in [0.5, 0.6) is 0 Å². The molecule has 1 amide bonds. The Labute approximate surface area is 191 Å². The molecule has 1 aliphatic carbocycles. The summed E-state index contributed by atoms with van der Waals surface area (Å²) in [7, 11) is 0. The van der Waals surface area contributed by atoms with Gasteiger partial charge in [-0.15, -0.1) is 11.3 Å². The minimum absolute atomic E-state index is 0.0783. The molecule has 0 bridgehead atoms. The van der Waals surface area contributed by atoms with Gasteiger partial charge < -0.3 is 10.0 Å². The van der Waals surface area contributed by atoms with Gasteiger partial charge in [-0.05, 0) is 52.6 Å². The first-order chi connectivity index (χ1) is 14.9. The number of aliphatic hydroxyl groups excluding tert-OH is 1. The van der Waals surface area contributed by atoms with Crippen LogP contribution in [0.2, 0.25) is 4.47 Å². The summed E-state index contributed by atoms with van der Waals surface area (Å²) in [6, 6.07) is 15.0. The molecule has 0 saturated carbocycles. The average Bonchev–Trinajstić information content (AvgIpc) is 3.46. The fourth-order valence-electron chi connectivity index (χ4n) is 5.29. The van der Waals surface area contributed by atoms with E-state index < -0.39 is 6.10 Å². The van der Waals surface area contributed by atoms with E-state index in [1.807, 2.05) is 4.90 Å². The summed E-state index contributed by atoms with van der Waals surface area (Å²) in [5.74, 6) is 0.347. The zero-order chi connectivity index (χ0) is 21.8. The summed E-state index contributed by atoms with van der Waals surface area (Å²) in [6.45, 7) is 5.68. The van der Waals surface area contributed by atoms with Crippen LogP contribution in [-0.2, 0) is 5.41 Å². The SMILES string of the molecule is CC(C)c1ccccc1-c1ccc2c(c1)[C@H](O)C[C@@]21CCN(C(=O)c2csc(Cl)n2)C1. The van der Waals surface area contributed by atoms with Gasteiger partial charge in [-0.3, -0.25) is 4.79 Å². The lowest BCUT2D eigenvalue weighted by Gasteiger charge is -2.25. The molecule has 0 radical (unpaired) electrons. The van der Waals surface area contributed by atoms with Gasteiger partial charge in [0.15, 0.2) is 4.47 Å². The van der Waals surface area contributed by atoms with Crippen molar-refractivity contribution in [2.75, 3.05) is 13.1 Å². The minimum atomic E-state index is -0.509. The Morgan fingerprint density at radius 3 is 2.84 bits per heavy atom. The second-order valence-electron chi connectivity index (χ2n) is 9.01. The number of rotatable bonds is 3. The predicted octanol–water partition coefficient (Wildman–Crippen LogP) is 5.81. The van der Waals surface area contributed by atoms with E-state index >= 15 is 0 Å². The summed E-state index contributed by atoms with van der Waals surface area (Å²) in [5.41, 5.74) is 6.06. The Morgan fingerprint density at radius 1 is 1.29 bits per heavy atom. The van der Waals surface area contributed by atoms with Crippen LogP contribution in [0.15, 0.2) is 47.8 Å². The number of hydrogen-bond acceptors (Lipinski definition) is 4. The number of aromatic nitrogens is 1. The van der Waals surface area contributed by atoms with E-state index in [9.17, 15) is 9.90 Å². The van der Waals surface area contributed by atoms with Crippen molar-refractivity contribution in [2.45, 2.75) is 44.1 Å². The first kappa shape index (κ1) is 20.7. The molecule has 4 nitrogen and oxygen atoms in total. The highest BCUT2D eigenvalue weighted by Crippen LogP contribution is 2.51. The van der Waals surface area contributed by atoms with Crippen molar-refractivity contribution in [3.05, 3.63) is 74.7 Å². The number of fused-ring (bicyclic) bond motifs is 2. The van der Waals surface area contributed by atoms with Crippen LogP contribution in [0.25, 0.3) is 11.1 Å². The molecule has 160 valence electrons. The second kappa shape index (κ2) is 7.73. The zero-order valence-electron chi connectivity index (χ0n) is 17.6. The molecule has 31 heavy (non-hydrogen) atoms. The topological polar surface area (TPSA) is 53.4 Å².